The summed E-state index contributed by atoms with van der Waals surface area (Å²) in [5.74, 6) is 1.10. The van der Waals surface area contributed by atoms with E-state index < -0.39 is 0 Å². The Bertz CT molecular complexity index is 779. The number of aromatic nitrogens is 3. The second kappa shape index (κ2) is 7.37. The largest absolute Gasteiger partial charge is 0.356 e. The molecule has 2 heterocycles. The van der Waals surface area contributed by atoms with Crippen LogP contribution in [-0.2, 0) is 24.2 Å². The number of nitrogens with one attached hydrogen (secondary N) is 1. The fourth-order valence-electron chi connectivity index (χ4n) is 2.63. The maximum atomic E-state index is 12.0. The number of hydrogen-bond donors (Lipinski definition) is 1. The Hall–Kier alpha value is -2.21. The van der Waals surface area contributed by atoms with Crippen molar-refractivity contribution in [1.29, 1.82) is 0 Å². The molecule has 5 nitrogen and oxygen atoms in total. The molecule has 0 aliphatic heterocycles. The molecule has 1 amide bonds. The number of fused-ring (bicyclic) bond motifs is 1. The number of nitrogens with zero attached hydrogens (tertiary/aromatic N) is 3. The van der Waals surface area contributed by atoms with E-state index in [0.29, 0.717) is 19.5 Å². The molecule has 2 aromatic heterocycles. The van der Waals surface area contributed by atoms with Crippen LogP contribution in [0, 0.1) is 0 Å². The number of hydrogen-bond acceptors (Lipinski definition) is 4. The quantitative estimate of drug-likeness (QED) is 0.725. The molecule has 0 aliphatic rings. The minimum atomic E-state index is 0.0707. The van der Waals surface area contributed by atoms with E-state index >= 15 is 0 Å². The molecule has 3 aromatic rings. The van der Waals surface area contributed by atoms with Gasteiger partial charge in [0.15, 0.2) is 0 Å². The molecule has 0 saturated heterocycles. The first-order valence-corrected chi connectivity index (χ1v) is 8.75. The van der Waals surface area contributed by atoms with Crippen molar-refractivity contribution in [2.45, 2.75) is 32.7 Å². The Kier molecular flexibility index (Phi) is 5.02. The smallest absolute Gasteiger partial charge is 0.221 e. The molecule has 0 unspecified atom stereocenters. The Morgan fingerprint density at radius 2 is 2.22 bits per heavy atom. The van der Waals surface area contributed by atoms with Crippen molar-refractivity contribution in [3.05, 3.63) is 46.7 Å². The number of carbonyl (C=O) groups excluding carboxylic acids is 1. The van der Waals surface area contributed by atoms with Gasteiger partial charge < -0.3 is 9.88 Å². The van der Waals surface area contributed by atoms with Crippen molar-refractivity contribution in [3.8, 4) is 0 Å². The van der Waals surface area contributed by atoms with Gasteiger partial charge in [-0.3, -0.25) is 4.79 Å². The first-order chi connectivity index (χ1) is 11.3. The Labute approximate surface area is 139 Å². The second-order valence-electron chi connectivity index (χ2n) is 5.30. The summed E-state index contributed by atoms with van der Waals surface area (Å²) in [5.41, 5.74) is 2.09. The minimum absolute atomic E-state index is 0.0707. The van der Waals surface area contributed by atoms with Gasteiger partial charge in [0.05, 0.1) is 16.0 Å². The summed E-state index contributed by atoms with van der Waals surface area (Å²) in [6.07, 6.45) is 3.90. The number of thiazole rings is 1. The molecule has 0 aliphatic carbocycles. The summed E-state index contributed by atoms with van der Waals surface area (Å²) in [5, 5.41) is 5.97. The normalized spacial score (nSPS) is 11.0. The highest BCUT2D eigenvalue weighted by Gasteiger charge is 2.10. The van der Waals surface area contributed by atoms with Gasteiger partial charge in [0.1, 0.15) is 5.82 Å². The number of rotatable bonds is 7. The third kappa shape index (κ3) is 3.76. The number of carbonyl (C=O) groups is 1. The topological polar surface area (TPSA) is 59.8 Å². The lowest BCUT2D eigenvalue weighted by atomic mass is 10.3. The summed E-state index contributed by atoms with van der Waals surface area (Å²) < 4.78 is 2.15. The molecule has 0 radical (unpaired) electrons. The van der Waals surface area contributed by atoms with Crippen molar-refractivity contribution >= 4 is 28.3 Å². The van der Waals surface area contributed by atoms with Gasteiger partial charge in [-0.15, -0.1) is 11.3 Å². The van der Waals surface area contributed by atoms with Crippen LogP contribution >= 0.6 is 11.3 Å². The molecular weight excluding hydrogens is 308 g/mol. The van der Waals surface area contributed by atoms with Crippen LogP contribution in [0.4, 0.5) is 0 Å². The van der Waals surface area contributed by atoms with Gasteiger partial charge >= 0.3 is 0 Å². The molecule has 3 rings (SSSR count). The zero-order valence-corrected chi connectivity index (χ0v) is 14.0. The summed E-state index contributed by atoms with van der Waals surface area (Å²) in [6.45, 7) is 3.39. The first-order valence-electron chi connectivity index (χ1n) is 7.87. The van der Waals surface area contributed by atoms with Crippen LogP contribution in [0.5, 0.6) is 0 Å². The SMILES string of the molecule is CCc1nc2ccccc2n1CCC(=O)NCCc1nccs1. The van der Waals surface area contributed by atoms with Gasteiger partial charge in [0, 0.05) is 43.9 Å². The number of aryl methyl sites for hydroxylation is 2. The van der Waals surface area contributed by atoms with Crippen LogP contribution in [0.3, 0.4) is 0 Å². The van der Waals surface area contributed by atoms with E-state index in [1.807, 2.05) is 23.6 Å². The average Bonchev–Trinajstić information content (AvgIpc) is 3.20. The van der Waals surface area contributed by atoms with Crippen molar-refractivity contribution in [3.63, 3.8) is 0 Å². The standard InChI is InChI=1S/C17H20N4OS/c1-2-15-20-13-5-3-4-6-14(13)21(15)11-8-16(22)18-9-7-17-19-10-12-23-17/h3-6,10,12H,2,7-9,11H2,1H3,(H,18,22). The molecule has 1 N–H and O–H groups in total. The van der Waals surface area contributed by atoms with Crippen LogP contribution in [-0.4, -0.2) is 27.0 Å². The third-order valence-corrected chi connectivity index (χ3v) is 4.60. The van der Waals surface area contributed by atoms with Gasteiger partial charge in [0.2, 0.25) is 5.91 Å². The maximum Gasteiger partial charge on any atom is 0.221 e. The molecule has 120 valence electrons. The number of benzene rings is 1. The molecule has 0 bridgehead atoms. The van der Waals surface area contributed by atoms with Crippen molar-refractivity contribution in [2.24, 2.45) is 0 Å². The lowest BCUT2D eigenvalue weighted by Gasteiger charge is -2.08. The fourth-order valence-corrected chi connectivity index (χ4v) is 3.25. The van der Waals surface area contributed by atoms with Crippen molar-refractivity contribution in [1.82, 2.24) is 19.9 Å². The van der Waals surface area contributed by atoms with E-state index in [-0.39, 0.29) is 5.91 Å². The van der Waals surface area contributed by atoms with Gasteiger partial charge in [-0.2, -0.15) is 0 Å². The number of para-hydroxylation sites is 2. The monoisotopic (exact) mass is 328 g/mol. The molecule has 6 heteroatoms. The van der Waals surface area contributed by atoms with Gasteiger partial charge in [0.25, 0.3) is 0 Å². The van der Waals surface area contributed by atoms with Crippen LogP contribution in [0.2, 0.25) is 0 Å². The summed E-state index contributed by atoms with van der Waals surface area (Å²) in [6, 6.07) is 8.07. The Morgan fingerprint density at radius 1 is 1.35 bits per heavy atom. The van der Waals surface area contributed by atoms with Crippen molar-refractivity contribution < 1.29 is 4.79 Å². The molecule has 0 atom stereocenters. The number of amides is 1. The highest BCUT2D eigenvalue weighted by molar-refractivity contribution is 7.09. The van der Waals surface area contributed by atoms with Gasteiger partial charge in [-0.25, -0.2) is 9.97 Å². The first kappa shape index (κ1) is 15.7. The second-order valence-corrected chi connectivity index (χ2v) is 6.28. The van der Waals surface area contributed by atoms with Gasteiger partial charge in [-0.05, 0) is 12.1 Å². The predicted octanol–water partition coefficient (Wildman–Crippen LogP) is 2.80. The van der Waals surface area contributed by atoms with E-state index in [1.54, 1.807) is 17.5 Å². The number of imidazole rings is 1. The van der Waals surface area contributed by atoms with Crippen LogP contribution in [0.25, 0.3) is 11.0 Å². The highest BCUT2D eigenvalue weighted by Crippen LogP contribution is 2.16. The molecule has 23 heavy (non-hydrogen) atoms. The molecule has 0 saturated carbocycles. The molecule has 0 spiro atoms. The van der Waals surface area contributed by atoms with E-state index in [2.05, 4.69) is 32.8 Å². The summed E-state index contributed by atoms with van der Waals surface area (Å²) in [7, 11) is 0. The van der Waals surface area contributed by atoms with Gasteiger partial charge in [-0.1, -0.05) is 19.1 Å². The lowest BCUT2D eigenvalue weighted by Crippen LogP contribution is -2.26. The minimum Gasteiger partial charge on any atom is -0.356 e. The van der Waals surface area contributed by atoms with E-state index in [0.717, 1.165) is 34.7 Å². The molecule has 1 aromatic carbocycles. The Morgan fingerprint density at radius 3 is 3.00 bits per heavy atom. The summed E-state index contributed by atoms with van der Waals surface area (Å²) >= 11 is 1.62. The average molecular weight is 328 g/mol. The van der Waals surface area contributed by atoms with E-state index in [9.17, 15) is 4.79 Å². The lowest BCUT2D eigenvalue weighted by molar-refractivity contribution is -0.121. The third-order valence-electron chi connectivity index (χ3n) is 3.76. The fraction of sp³-hybridized carbons (Fsp3) is 0.353. The maximum absolute atomic E-state index is 12.0. The molecule has 0 fully saturated rings. The zero-order valence-electron chi connectivity index (χ0n) is 13.2. The van der Waals surface area contributed by atoms with Crippen LogP contribution in [0.1, 0.15) is 24.2 Å². The highest BCUT2D eigenvalue weighted by atomic mass is 32.1. The predicted molar refractivity (Wildman–Crippen MR) is 92.6 cm³/mol. The van der Waals surface area contributed by atoms with E-state index in [1.165, 1.54) is 0 Å². The van der Waals surface area contributed by atoms with Crippen LogP contribution in [0.15, 0.2) is 35.8 Å². The van der Waals surface area contributed by atoms with E-state index in [4.69, 9.17) is 0 Å². The molecular formula is C17H20N4OS. The summed E-state index contributed by atoms with van der Waals surface area (Å²) in [4.78, 5) is 20.9. The zero-order chi connectivity index (χ0) is 16.1. The van der Waals surface area contributed by atoms with Crippen LogP contribution < -0.4 is 5.32 Å². The Balaban J connectivity index is 1.56. The van der Waals surface area contributed by atoms with Crippen molar-refractivity contribution in [2.75, 3.05) is 6.54 Å².